The van der Waals surface area contributed by atoms with Gasteiger partial charge in [0.25, 0.3) is 11.5 Å². The fourth-order valence-corrected chi connectivity index (χ4v) is 3.70. The summed E-state index contributed by atoms with van der Waals surface area (Å²) in [6.45, 7) is 0.239. The van der Waals surface area contributed by atoms with Gasteiger partial charge in [-0.25, -0.2) is 9.97 Å². The van der Waals surface area contributed by atoms with Gasteiger partial charge in [-0.15, -0.1) is 0 Å². The van der Waals surface area contributed by atoms with Crippen molar-refractivity contribution in [2.75, 3.05) is 7.11 Å². The van der Waals surface area contributed by atoms with Gasteiger partial charge in [0, 0.05) is 17.8 Å². The summed E-state index contributed by atoms with van der Waals surface area (Å²) in [4.78, 5) is 34.6. The Kier molecular flexibility index (Phi) is 5.06. The third kappa shape index (κ3) is 3.47. The number of nitrogens with one attached hydrogen (secondary N) is 1. The summed E-state index contributed by atoms with van der Waals surface area (Å²) in [5.41, 5.74) is 1.23. The summed E-state index contributed by atoms with van der Waals surface area (Å²) in [6.07, 6.45) is 5.68. The average Bonchev–Trinajstić information content (AvgIpc) is 3.23. The molecule has 3 aromatic rings. The predicted molar refractivity (Wildman–Crippen MR) is 106 cm³/mol. The zero-order chi connectivity index (χ0) is 19.5. The Balaban J connectivity index is 1.79. The zero-order valence-corrected chi connectivity index (χ0v) is 15.7. The molecule has 7 nitrogen and oxygen atoms in total. The first-order chi connectivity index (χ1) is 13.7. The molecule has 0 bridgehead atoms. The van der Waals surface area contributed by atoms with Gasteiger partial charge in [0.1, 0.15) is 11.3 Å². The zero-order valence-electron chi connectivity index (χ0n) is 15.7. The molecule has 2 aromatic heterocycles. The van der Waals surface area contributed by atoms with E-state index in [-0.39, 0.29) is 18.3 Å². The van der Waals surface area contributed by atoms with E-state index in [0.717, 1.165) is 31.2 Å². The number of amides is 1. The minimum absolute atomic E-state index is 0.0951. The number of hydrogen-bond donors (Lipinski definition) is 1. The monoisotopic (exact) mass is 378 g/mol. The number of ether oxygens (including phenoxy) is 1. The first-order valence-electron chi connectivity index (χ1n) is 9.45. The smallest absolute Gasteiger partial charge is 0.284 e. The molecule has 1 amide bonds. The highest BCUT2D eigenvalue weighted by Gasteiger charge is 2.23. The lowest BCUT2D eigenvalue weighted by molar-refractivity contribution is 0.0931. The molecule has 7 heteroatoms. The second kappa shape index (κ2) is 7.80. The van der Waals surface area contributed by atoms with Crippen molar-refractivity contribution in [3.8, 4) is 5.75 Å². The van der Waals surface area contributed by atoms with E-state index in [9.17, 15) is 9.59 Å². The molecule has 2 heterocycles. The van der Waals surface area contributed by atoms with Crippen LogP contribution in [0.3, 0.4) is 0 Å². The summed E-state index contributed by atoms with van der Waals surface area (Å²) in [6, 6.07) is 11.1. The molecule has 1 fully saturated rings. The van der Waals surface area contributed by atoms with Gasteiger partial charge in [0.2, 0.25) is 0 Å². The van der Waals surface area contributed by atoms with Crippen molar-refractivity contribution in [3.05, 3.63) is 64.2 Å². The Hall–Kier alpha value is -3.22. The third-order valence-corrected chi connectivity index (χ3v) is 5.13. The number of methoxy groups -OCH3 is 1. The van der Waals surface area contributed by atoms with Gasteiger partial charge in [-0.2, -0.15) is 0 Å². The highest BCUT2D eigenvalue weighted by atomic mass is 16.5. The maximum Gasteiger partial charge on any atom is 0.284 e. The number of rotatable bonds is 5. The van der Waals surface area contributed by atoms with E-state index in [4.69, 9.17) is 4.74 Å². The molecule has 0 aliphatic heterocycles. The molecule has 1 N–H and O–H groups in total. The van der Waals surface area contributed by atoms with Crippen molar-refractivity contribution >= 4 is 17.1 Å². The Morgan fingerprint density at radius 2 is 2.00 bits per heavy atom. The fourth-order valence-electron chi connectivity index (χ4n) is 3.70. The lowest BCUT2D eigenvalue weighted by Crippen LogP contribution is -2.39. The standard InChI is InChI=1S/C21H22N4O3/c1-28-17-11-5-2-7-14(17)13-25-19-16(10-6-12-22-19)24-18(21(25)27)20(26)23-15-8-3-4-9-15/h2,5-7,10-12,15H,3-4,8-9,13H2,1H3,(H,23,26). The summed E-state index contributed by atoms with van der Waals surface area (Å²) >= 11 is 0. The van der Waals surface area contributed by atoms with Crippen molar-refractivity contribution < 1.29 is 9.53 Å². The third-order valence-electron chi connectivity index (χ3n) is 5.13. The number of benzene rings is 1. The Morgan fingerprint density at radius 1 is 1.21 bits per heavy atom. The largest absolute Gasteiger partial charge is 0.496 e. The predicted octanol–water partition coefficient (Wildman–Crippen LogP) is 2.52. The molecule has 28 heavy (non-hydrogen) atoms. The minimum Gasteiger partial charge on any atom is -0.496 e. The van der Waals surface area contributed by atoms with Gasteiger partial charge >= 0.3 is 0 Å². The van der Waals surface area contributed by atoms with E-state index in [1.165, 1.54) is 4.57 Å². The van der Waals surface area contributed by atoms with Crippen molar-refractivity contribution in [1.82, 2.24) is 19.9 Å². The summed E-state index contributed by atoms with van der Waals surface area (Å²) in [5, 5.41) is 2.95. The van der Waals surface area contributed by atoms with Crippen LogP contribution < -0.4 is 15.6 Å². The molecule has 0 unspecified atom stereocenters. The maximum atomic E-state index is 13.2. The van der Waals surface area contributed by atoms with Crippen LogP contribution in [0.2, 0.25) is 0 Å². The molecular weight excluding hydrogens is 356 g/mol. The number of hydrogen-bond acceptors (Lipinski definition) is 5. The van der Waals surface area contributed by atoms with Crippen LogP contribution in [0.1, 0.15) is 41.7 Å². The molecule has 0 atom stereocenters. The molecule has 0 radical (unpaired) electrons. The van der Waals surface area contributed by atoms with Crippen LogP contribution in [0, 0.1) is 0 Å². The Labute approximate surface area is 162 Å². The number of carbonyl (C=O) groups excluding carboxylic acids is 1. The van der Waals surface area contributed by atoms with Crippen molar-refractivity contribution in [2.45, 2.75) is 38.3 Å². The van der Waals surface area contributed by atoms with Crippen molar-refractivity contribution in [3.63, 3.8) is 0 Å². The highest BCUT2D eigenvalue weighted by molar-refractivity contribution is 5.93. The Morgan fingerprint density at radius 3 is 2.79 bits per heavy atom. The van der Waals surface area contributed by atoms with E-state index in [2.05, 4.69) is 15.3 Å². The van der Waals surface area contributed by atoms with Crippen LogP contribution in [0.4, 0.5) is 0 Å². The number of fused-ring (bicyclic) bond motifs is 1. The van der Waals surface area contributed by atoms with E-state index in [1.807, 2.05) is 24.3 Å². The first kappa shape index (κ1) is 18.2. The molecular formula is C21H22N4O3. The molecule has 1 aliphatic carbocycles. The lowest BCUT2D eigenvalue weighted by Gasteiger charge is -2.15. The van der Waals surface area contributed by atoms with Crippen LogP contribution >= 0.6 is 0 Å². The van der Waals surface area contributed by atoms with Crippen LogP contribution in [0.5, 0.6) is 5.75 Å². The van der Waals surface area contributed by atoms with Gasteiger partial charge in [-0.1, -0.05) is 31.0 Å². The maximum absolute atomic E-state index is 13.2. The van der Waals surface area contributed by atoms with E-state index >= 15 is 0 Å². The number of carbonyl (C=O) groups is 1. The van der Waals surface area contributed by atoms with Gasteiger partial charge in [0.15, 0.2) is 11.3 Å². The van der Waals surface area contributed by atoms with Gasteiger partial charge < -0.3 is 10.1 Å². The fraction of sp³-hybridized carbons (Fsp3) is 0.333. The normalized spacial score (nSPS) is 14.3. The molecule has 1 aliphatic rings. The molecule has 4 rings (SSSR count). The second-order valence-corrected chi connectivity index (χ2v) is 6.96. The molecule has 0 spiro atoms. The topological polar surface area (TPSA) is 86.1 Å². The van der Waals surface area contributed by atoms with Gasteiger partial charge in [0.05, 0.1) is 13.7 Å². The van der Waals surface area contributed by atoms with Crippen LogP contribution in [0.25, 0.3) is 11.2 Å². The lowest BCUT2D eigenvalue weighted by atomic mass is 10.2. The summed E-state index contributed by atoms with van der Waals surface area (Å²) in [5.74, 6) is 0.253. The summed E-state index contributed by atoms with van der Waals surface area (Å²) in [7, 11) is 1.59. The SMILES string of the molecule is COc1ccccc1Cn1c(=O)c(C(=O)NC2CCCC2)nc2cccnc21. The van der Waals surface area contributed by atoms with Crippen molar-refractivity contribution in [2.24, 2.45) is 0 Å². The van der Waals surface area contributed by atoms with Crippen molar-refractivity contribution in [1.29, 1.82) is 0 Å². The number of pyridine rings is 1. The molecule has 1 saturated carbocycles. The molecule has 144 valence electrons. The highest BCUT2D eigenvalue weighted by Crippen LogP contribution is 2.20. The van der Waals surface area contributed by atoms with E-state index in [0.29, 0.717) is 16.9 Å². The number of aromatic nitrogens is 3. The van der Waals surface area contributed by atoms with E-state index < -0.39 is 11.5 Å². The quantitative estimate of drug-likeness (QED) is 0.737. The Bertz CT molecular complexity index is 1070. The molecule has 0 saturated heterocycles. The van der Waals surface area contributed by atoms with Gasteiger partial charge in [-0.3, -0.25) is 14.2 Å². The van der Waals surface area contributed by atoms with E-state index in [1.54, 1.807) is 25.4 Å². The first-order valence-corrected chi connectivity index (χ1v) is 9.45. The van der Waals surface area contributed by atoms with Crippen LogP contribution in [-0.2, 0) is 6.54 Å². The summed E-state index contributed by atoms with van der Waals surface area (Å²) < 4.78 is 6.89. The molecule has 1 aromatic carbocycles. The average molecular weight is 378 g/mol. The minimum atomic E-state index is -0.451. The van der Waals surface area contributed by atoms with Crippen LogP contribution in [-0.4, -0.2) is 33.6 Å². The number of para-hydroxylation sites is 1. The second-order valence-electron chi connectivity index (χ2n) is 6.96. The number of nitrogens with zero attached hydrogens (tertiary/aromatic N) is 3. The van der Waals surface area contributed by atoms with Crippen LogP contribution in [0.15, 0.2) is 47.4 Å². The van der Waals surface area contributed by atoms with Gasteiger partial charge in [-0.05, 0) is 31.0 Å².